The third-order valence-electron chi connectivity index (χ3n) is 1.60. The number of terminal acetylenes is 1. The zero-order valence-electron chi connectivity index (χ0n) is 7.05. The summed E-state index contributed by atoms with van der Waals surface area (Å²) < 4.78 is 0. The van der Waals surface area contributed by atoms with Crippen LogP contribution in [0, 0.1) is 12.3 Å². The number of Topliss-reactive ketones (excluding diaryl/α,β-unsaturated/α-hetero) is 1. The van der Waals surface area contributed by atoms with Crippen molar-refractivity contribution in [2.45, 2.75) is 19.3 Å². The Kier molecular flexibility index (Phi) is 4.01. The Hall–Kier alpha value is -0.780. The van der Waals surface area contributed by atoms with Gasteiger partial charge >= 0.3 is 0 Å². The molecule has 0 unspecified atom stereocenters. The fourth-order valence-electron chi connectivity index (χ4n) is 0.957. The van der Waals surface area contributed by atoms with E-state index < -0.39 is 0 Å². The van der Waals surface area contributed by atoms with E-state index in [-0.39, 0.29) is 5.78 Å². The van der Waals surface area contributed by atoms with Crippen LogP contribution in [0.25, 0.3) is 0 Å². The minimum Gasteiger partial charge on any atom is -0.293 e. The van der Waals surface area contributed by atoms with Crippen LogP contribution in [0.5, 0.6) is 0 Å². The molecule has 0 spiro atoms. The molecule has 0 atom stereocenters. The number of hydrogen-bond acceptors (Lipinski definition) is 2. The SMILES string of the molecule is C#CCCCC(=O)c1sccc1Cl. The highest BCUT2D eigenvalue weighted by atomic mass is 35.5. The van der Waals surface area contributed by atoms with Gasteiger partial charge < -0.3 is 0 Å². The van der Waals surface area contributed by atoms with Crippen LogP contribution >= 0.6 is 22.9 Å². The second-order valence-corrected chi connectivity index (χ2v) is 3.90. The summed E-state index contributed by atoms with van der Waals surface area (Å²) in [6.45, 7) is 0. The number of ketones is 1. The summed E-state index contributed by atoms with van der Waals surface area (Å²) in [5.74, 6) is 2.59. The fraction of sp³-hybridized carbons (Fsp3) is 0.300. The molecule has 1 heterocycles. The van der Waals surface area contributed by atoms with Gasteiger partial charge in [-0.15, -0.1) is 23.7 Å². The highest BCUT2D eigenvalue weighted by Gasteiger charge is 2.10. The Morgan fingerprint density at radius 3 is 3.00 bits per heavy atom. The minimum atomic E-state index is 0.0928. The molecule has 1 aromatic heterocycles. The lowest BCUT2D eigenvalue weighted by Gasteiger charge is -1.95. The molecule has 0 aromatic carbocycles. The quantitative estimate of drug-likeness (QED) is 0.425. The summed E-state index contributed by atoms with van der Waals surface area (Å²) in [5, 5.41) is 2.37. The standard InChI is InChI=1S/C10H9ClOS/c1-2-3-4-5-9(12)10-8(11)6-7-13-10/h1,6-7H,3-5H2. The van der Waals surface area contributed by atoms with Crippen molar-refractivity contribution >= 4 is 28.7 Å². The lowest BCUT2D eigenvalue weighted by atomic mass is 10.1. The van der Waals surface area contributed by atoms with E-state index in [4.69, 9.17) is 18.0 Å². The van der Waals surface area contributed by atoms with Gasteiger partial charge in [-0.1, -0.05) is 11.6 Å². The van der Waals surface area contributed by atoms with Crippen molar-refractivity contribution in [3.05, 3.63) is 21.3 Å². The lowest BCUT2D eigenvalue weighted by molar-refractivity contribution is 0.0984. The zero-order chi connectivity index (χ0) is 9.68. The van der Waals surface area contributed by atoms with E-state index in [9.17, 15) is 4.79 Å². The Bertz CT molecular complexity index is 335. The first kappa shape index (κ1) is 10.3. The molecular formula is C10H9ClOS. The molecule has 1 aromatic rings. The normalized spacial score (nSPS) is 9.54. The molecule has 1 rings (SSSR count). The number of rotatable bonds is 4. The summed E-state index contributed by atoms with van der Waals surface area (Å²) in [6.07, 6.45) is 6.96. The first-order valence-electron chi connectivity index (χ1n) is 3.95. The van der Waals surface area contributed by atoms with Gasteiger partial charge in [0.1, 0.15) is 0 Å². The molecule has 0 N–H and O–H groups in total. The van der Waals surface area contributed by atoms with Gasteiger partial charge in [0.15, 0.2) is 5.78 Å². The van der Waals surface area contributed by atoms with Crippen molar-refractivity contribution in [2.24, 2.45) is 0 Å². The molecule has 0 radical (unpaired) electrons. The average molecular weight is 213 g/mol. The van der Waals surface area contributed by atoms with Crippen molar-refractivity contribution in [1.29, 1.82) is 0 Å². The maximum Gasteiger partial charge on any atom is 0.174 e. The maximum absolute atomic E-state index is 11.5. The Morgan fingerprint density at radius 1 is 1.69 bits per heavy atom. The van der Waals surface area contributed by atoms with E-state index in [1.54, 1.807) is 6.07 Å². The van der Waals surface area contributed by atoms with Gasteiger partial charge in [-0.05, 0) is 17.9 Å². The Morgan fingerprint density at radius 2 is 2.46 bits per heavy atom. The Balaban J connectivity index is 2.50. The van der Waals surface area contributed by atoms with Crippen LogP contribution in [-0.2, 0) is 0 Å². The largest absolute Gasteiger partial charge is 0.293 e. The van der Waals surface area contributed by atoms with Crippen LogP contribution in [0.3, 0.4) is 0 Å². The monoisotopic (exact) mass is 212 g/mol. The lowest BCUT2D eigenvalue weighted by Crippen LogP contribution is -1.95. The molecule has 0 saturated carbocycles. The third-order valence-corrected chi connectivity index (χ3v) is 2.98. The van der Waals surface area contributed by atoms with Gasteiger partial charge in [-0.2, -0.15) is 0 Å². The molecule has 0 aliphatic carbocycles. The molecule has 0 aliphatic rings. The van der Waals surface area contributed by atoms with Gasteiger partial charge in [0, 0.05) is 12.8 Å². The van der Waals surface area contributed by atoms with Crippen LogP contribution in [0.1, 0.15) is 28.9 Å². The van der Waals surface area contributed by atoms with Gasteiger partial charge in [0.25, 0.3) is 0 Å². The highest BCUT2D eigenvalue weighted by Crippen LogP contribution is 2.23. The number of carbonyl (C=O) groups excluding carboxylic acids is 1. The predicted octanol–water partition coefficient (Wildman–Crippen LogP) is 3.39. The highest BCUT2D eigenvalue weighted by molar-refractivity contribution is 7.12. The van der Waals surface area contributed by atoms with Crippen LogP contribution in [0.2, 0.25) is 5.02 Å². The molecule has 68 valence electrons. The van der Waals surface area contributed by atoms with Crippen molar-refractivity contribution in [1.82, 2.24) is 0 Å². The maximum atomic E-state index is 11.5. The van der Waals surface area contributed by atoms with Gasteiger partial charge in [-0.3, -0.25) is 4.79 Å². The molecule has 1 nitrogen and oxygen atoms in total. The third kappa shape index (κ3) is 2.87. The number of unbranched alkanes of at least 4 members (excludes halogenated alkanes) is 1. The zero-order valence-corrected chi connectivity index (χ0v) is 8.62. The van der Waals surface area contributed by atoms with Crippen LogP contribution < -0.4 is 0 Å². The van der Waals surface area contributed by atoms with Crippen molar-refractivity contribution in [3.8, 4) is 12.3 Å². The summed E-state index contributed by atoms with van der Waals surface area (Å²) >= 11 is 7.18. The number of thiophene rings is 1. The van der Waals surface area contributed by atoms with Crippen molar-refractivity contribution in [2.75, 3.05) is 0 Å². The van der Waals surface area contributed by atoms with E-state index in [1.807, 2.05) is 5.38 Å². The fourth-order valence-corrected chi connectivity index (χ4v) is 2.09. The van der Waals surface area contributed by atoms with Crippen LogP contribution in [0.15, 0.2) is 11.4 Å². The molecule has 0 amide bonds. The molecule has 0 fully saturated rings. The van der Waals surface area contributed by atoms with Crippen LogP contribution in [0.4, 0.5) is 0 Å². The van der Waals surface area contributed by atoms with E-state index in [2.05, 4.69) is 5.92 Å². The minimum absolute atomic E-state index is 0.0928. The first-order chi connectivity index (χ1) is 6.25. The van der Waals surface area contributed by atoms with Gasteiger partial charge in [-0.25, -0.2) is 0 Å². The molecular weight excluding hydrogens is 204 g/mol. The molecule has 13 heavy (non-hydrogen) atoms. The smallest absolute Gasteiger partial charge is 0.174 e. The summed E-state index contributed by atoms with van der Waals surface area (Å²) in [6, 6.07) is 1.74. The number of carbonyl (C=O) groups is 1. The Labute approximate surface area is 86.7 Å². The van der Waals surface area contributed by atoms with E-state index in [1.165, 1.54) is 11.3 Å². The number of hydrogen-bond donors (Lipinski definition) is 0. The van der Waals surface area contributed by atoms with E-state index in [0.29, 0.717) is 22.7 Å². The predicted molar refractivity (Wildman–Crippen MR) is 56.3 cm³/mol. The van der Waals surface area contributed by atoms with Gasteiger partial charge in [0.2, 0.25) is 0 Å². The molecule has 0 bridgehead atoms. The summed E-state index contributed by atoms with van der Waals surface area (Å²) in [5.41, 5.74) is 0. The summed E-state index contributed by atoms with van der Waals surface area (Å²) in [7, 11) is 0. The van der Waals surface area contributed by atoms with Gasteiger partial charge in [0.05, 0.1) is 9.90 Å². The molecule has 0 saturated heterocycles. The first-order valence-corrected chi connectivity index (χ1v) is 5.21. The average Bonchev–Trinajstić information content (AvgIpc) is 2.52. The summed E-state index contributed by atoms with van der Waals surface area (Å²) in [4.78, 5) is 12.1. The van der Waals surface area contributed by atoms with E-state index >= 15 is 0 Å². The second-order valence-electron chi connectivity index (χ2n) is 2.58. The second kappa shape index (κ2) is 5.06. The number of halogens is 1. The topological polar surface area (TPSA) is 17.1 Å². The van der Waals surface area contributed by atoms with Crippen LogP contribution in [-0.4, -0.2) is 5.78 Å². The van der Waals surface area contributed by atoms with Crippen molar-refractivity contribution < 1.29 is 4.79 Å². The molecule has 0 aliphatic heterocycles. The molecule has 3 heteroatoms. The van der Waals surface area contributed by atoms with Crippen molar-refractivity contribution in [3.63, 3.8) is 0 Å². The van der Waals surface area contributed by atoms with E-state index in [0.717, 1.165) is 6.42 Å².